The van der Waals surface area contributed by atoms with Crippen molar-refractivity contribution in [2.45, 2.75) is 26.2 Å². The first-order valence-electron chi connectivity index (χ1n) is 8.24. The lowest BCUT2D eigenvalue weighted by Crippen LogP contribution is -2.26. The van der Waals surface area contributed by atoms with E-state index < -0.39 is 5.91 Å². The number of primary amides is 1. The number of carbonyl (C=O) groups is 2. The predicted molar refractivity (Wildman–Crippen MR) is 95.2 cm³/mol. The second-order valence-corrected chi connectivity index (χ2v) is 6.50. The molecule has 3 heterocycles. The summed E-state index contributed by atoms with van der Waals surface area (Å²) in [6, 6.07) is 5.93. The zero-order chi connectivity index (χ0) is 18.4. The van der Waals surface area contributed by atoms with Gasteiger partial charge in [-0.1, -0.05) is 17.7 Å². The second-order valence-electron chi connectivity index (χ2n) is 6.50. The van der Waals surface area contributed by atoms with Crippen LogP contribution in [0, 0.1) is 13.8 Å². The first-order valence-corrected chi connectivity index (χ1v) is 8.24. The number of nitrogens with zero attached hydrogens (tertiary/aromatic N) is 3. The molecule has 4 N–H and O–H groups in total. The van der Waals surface area contributed by atoms with Gasteiger partial charge in [0.05, 0.1) is 5.69 Å². The van der Waals surface area contributed by atoms with Crippen LogP contribution < -0.4 is 11.1 Å². The first-order chi connectivity index (χ1) is 12.5. The minimum absolute atomic E-state index is 0.157. The van der Waals surface area contributed by atoms with Gasteiger partial charge in [-0.2, -0.15) is 10.2 Å². The summed E-state index contributed by atoms with van der Waals surface area (Å²) in [6.45, 7) is 4.00. The molecule has 1 aliphatic rings. The lowest BCUT2D eigenvalue weighted by molar-refractivity contribution is -0.116. The quantitative estimate of drug-likeness (QED) is 0.667. The van der Waals surface area contributed by atoms with E-state index in [1.54, 1.807) is 10.9 Å². The number of H-pyrrole nitrogens is 1. The summed E-state index contributed by atoms with van der Waals surface area (Å²) < 4.78 is 1.78. The molecule has 1 atom stereocenters. The lowest BCUT2D eigenvalue weighted by Gasteiger charge is -2.26. The molecule has 1 unspecified atom stereocenters. The van der Waals surface area contributed by atoms with Gasteiger partial charge in [-0.15, -0.1) is 0 Å². The van der Waals surface area contributed by atoms with Crippen LogP contribution in [0.4, 0.5) is 5.82 Å². The maximum Gasteiger partial charge on any atom is 0.267 e. The second kappa shape index (κ2) is 5.83. The molecule has 3 aromatic rings. The Kier molecular flexibility index (Phi) is 3.61. The minimum Gasteiger partial charge on any atom is -0.364 e. The number of nitrogens with two attached hydrogens (primary N) is 1. The molecule has 0 aliphatic carbocycles. The largest absolute Gasteiger partial charge is 0.364 e. The number of hydrogen-bond acceptors (Lipinski definition) is 4. The van der Waals surface area contributed by atoms with E-state index in [-0.39, 0.29) is 23.9 Å². The average Bonchev–Trinajstić information content (AvgIpc) is 3.22. The van der Waals surface area contributed by atoms with E-state index in [0.29, 0.717) is 11.4 Å². The molecule has 0 bridgehead atoms. The highest BCUT2D eigenvalue weighted by atomic mass is 16.2. The Bertz CT molecular complexity index is 1020. The zero-order valence-electron chi connectivity index (χ0n) is 14.4. The average molecular weight is 350 g/mol. The van der Waals surface area contributed by atoms with Crippen molar-refractivity contribution in [3.63, 3.8) is 0 Å². The van der Waals surface area contributed by atoms with Crippen LogP contribution in [-0.4, -0.2) is 31.8 Å². The summed E-state index contributed by atoms with van der Waals surface area (Å²) in [5.41, 5.74) is 10.2. The number of nitrogens with one attached hydrogen (secondary N) is 2. The van der Waals surface area contributed by atoms with E-state index in [9.17, 15) is 9.59 Å². The fourth-order valence-corrected chi connectivity index (χ4v) is 3.68. The Labute approximate surface area is 149 Å². The number of fused-ring (bicyclic) bond motifs is 1. The summed E-state index contributed by atoms with van der Waals surface area (Å²) in [7, 11) is 0. The molecule has 2 aromatic heterocycles. The fraction of sp³-hybridized carbons (Fsp3) is 0.222. The molecule has 8 nitrogen and oxygen atoms in total. The molecule has 2 amide bonds. The molecular formula is C18H18N6O2. The van der Waals surface area contributed by atoms with Crippen LogP contribution >= 0.6 is 0 Å². The van der Waals surface area contributed by atoms with Gasteiger partial charge < -0.3 is 11.1 Å². The van der Waals surface area contributed by atoms with E-state index in [4.69, 9.17) is 5.73 Å². The normalized spacial score (nSPS) is 16.2. The molecule has 1 aromatic carbocycles. The molecule has 26 heavy (non-hydrogen) atoms. The third-order valence-corrected chi connectivity index (χ3v) is 4.63. The van der Waals surface area contributed by atoms with Crippen molar-refractivity contribution in [3.05, 3.63) is 58.5 Å². The van der Waals surface area contributed by atoms with Gasteiger partial charge in [-0.3, -0.25) is 14.7 Å². The number of hydrogen-bond donors (Lipinski definition) is 3. The van der Waals surface area contributed by atoms with Gasteiger partial charge in [0.25, 0.3) is 5.91 Å². The number of benzene rings is 1. The summed E-state index contributed by atoms with van der Waals surface area (Å²) in [5, 5.41) is 13.8. The van der Waals surface area contributed by atoms with Crippen LogP contribution in [0.3, 0.4) is 0 Å². The number of aromatic amines is 1. The van der Waals surface area contributed by atoms with Crippen molar-refractivity contribution in [2.24, 2.45) is 5.73 Å². The lowest BCUT2D eigenvalue weighted by atomic mass is 9.83. The molecule has 0 fully saturated rings. The summed E-state index contributed by atoms with van der Waals surface area (Å²) in [4.78, 5) is 24.1. The highest BCUT2D eigenvalue weighted by Gasteiger charge is 2.35. The molecule has 0 saturated carbocycles. The van der Waals surface area contributed by atoms with E-state index in [2.05, 4.69) is 26.7 Å². The third-order valence-electron chi connectivity index (χ3n) is 4.63. The Hall–Kier alpha value is -3.42. The van der Waals surface area contributed by atoms with Crippen molar-refractivity contribution in [3.8, 4) is 5.69 Å². The monoisotopic (exact) mass is 350 g/mol. The number of carbonyl (C=O) groups excluding carboxylic acids is 2. The summed E-state index contributed by atoms with van der Waals surface area (Å²) in [5.74, 6) is -0.760. The van der Waals surface area contributed by atoms with Crippen molar-refractivity contribution in [1.82, 2.24) is 20.0 Å². The smallest absolute Gasteiger partial charge is 0.267 e. The van der Waals surface area contributed by atoms with Crippen LogP contribution in [0.5, 0.6) is 0 Å². The van der Waals surface area contributed by atoms with Crippen LogP contribution in [0.2, 0.25) is 0 Å². The summed E-state index contributed by atoms with van der Waals surface area (Å²) >= 11 is 0. The Morgan fingerprint density at radius 3 is 2.85 bits per heavy atom. The number of anilines is 1. The number of aryl methyl sites for hydroxylation is 2. The number of aromatic nitrogens is 4. The van der Waals surface area contributed by atoms with E-state index in [1.807, 2.05) is 32.2 Å². The fourth-order valence-electron chi connectivity index (χ4n) is 3.68. The minimum atomic E-state index is -0.607. The van der Waals surface area contributed by atoms with Crippen molar-refractivity contribution in [2.75, 3.05) is 5.32 Å². The van der Waals surface area contributed by atoms with Crippen molar-refractivity contribution in [1.29, 1.82) is 0 Å². The SMILES string of the molecule is Cc1cc(C)c(-n2cccn2)c(C2CC(=O)Nc3n[nH]c(C(N)=O)c32)c1. The molecule has 0 radical (unpaired) electrons. The van der Waals surface area contributed by atoms with Gasteiger partial charge in [-0.05, 0) is 31.0 Å². The maximum atomic E-state index is 12.3. The highest BCUT2D eigenvalue weighted by Crippen LogP contribution is 2.41. The predicted octanol–water partition coefficient (Wildman–Crippen LogP) is 1.79. The van der Waals surface area contributed by atoms with E-state index >= 15 is 0 Å². The van der Waals surface area contributed by atoms with E-state index in [1.165, 1.54) is 0 Å². The Morgan fingerprint density at radius 2 is 2.15 bits per heavy atom. The van der Waals surface area contributed by atoms with Crippen LogP contribution in [0.15, 0.2) is 30.6 Å². The summed E-state index contributed by atoms with van der Waals surface area (Å²) in [6.07, 6.45) is 3.76. The standard InChI is InChI=1S/C18H18N6O2/c1-9-6-10(2)16(24-5-3-4-20-24)12(7-9)11-8-13(25)21-18-14(11)15(17(19)26)22-23-18/h3-7,11H,8H2,1-2H3,(H2,19,26)(H2,21,22,23,25). The zero-order valence-corrected chi connectivity index (χ0v) is 14.4. The van der Waals surface area contributed by atoms with Crippen molar-refractivity contribution < 1.29 is 9.59 Å². The van der Waals surface area contributed by atoms with Gasteiger partial charge in [-0.25, -0.2) is 4.68 Å². The highest BCUT2D eigenvalue weighted by molar-refractivity contribution is 6.00. The topological polar surface area (TPSA) is 119 Å². The molecule has 132 valence electrons. The number of rotatable bonds is 3. The van der Waals surface area contributed by atoms with Crippen LogP contribution in [-0.2, 0) is 4.79 Å². The maximum absolute atomic E-state index is 12.3. The van der Waals surface area contributed by atoms with Gasteiger partial charge in [0, 0.05) is 30.3 Å². The van der Waals surface area contributed by atoms with Crippen LogP contribution in [0.25, 0.3) is 5.69 Å². The molecular weight excluding hydrogens is 332 g/mol. The number of amides is 2. The molecule has 0 spiro atoms. The van der Waals surface area contributed by atoms with Crippen molar-refractivity contribution >= 4 is 17.6 Å². The van der Waals surface area contributed by atoms with Gasteiger partial charge in [0.2, 0.25) is 5.91 Å². The van der Waals surface area contributed by atoms with E-state index in [0.717, 1.165) is 22.4 Å². The molecule has 8 heteroatoms. The Morgan fingerprint density at radius 1 is 1.35 bits per heavy atom. The third kappa shape index (κ3) is 2.46. The molecule has 1 aliphatic heterocycles. The molecule has 4 rings (SSSR count). The van der Waals surface area contributed by atoms with Gasteiger partial charge in [0.1, 0.15) is 5.69 Å². The van der Waals surface area contributed by atoms with Gasteiger partial charge >= 0.3 is 0 Å². The Balaban J connectivity index is 1.99. The molecule has 0 saturated heterocycles. The van der Waals surface area contributed by atoms with Gasteiger partial charge in [0.15, 0.2) is 5.82 Å². The van der Waals surface area contributed by atoms with Crippen LogP contribution in [0.1, 0.15) is 45.1 Å². The first kappa shape index (κ1) is 16.1.